The number of aliphatic hydroxyl groups excluding tert-OH is 1. The summed E-state index contributed by atoms with van der Waals surface area (Å²) in [5.41, 5.74) is 0. The maximum Gasteiger partial charge on any atom is 0.220 e. The molecule has 2 N–H and O–H groups in total. The van der Waals surface area contributed by atoms with E-state index in [0.717, 1.165) is 11.5 Å². The van der Waals surface area contributed by atoms with Crippen molar-refractivity contribution in [1.82, 2.24) is 5.32 Å². The summed E-state index contributed by atoms with van der Waals surface area (Å²) in [6.07, 6.45) is 0.981. The van der Waals surface area contributed by atoms with E-state index in [9.17, 15) is 4.79 Å². The van der Waals surface area contributed by atoms with E-state index < -0.39 is 0 Å². The van der Waals surface area contributed by atoms with Gasteiger partial charge in [-0.25, -0.2) is 0 Å². The lowest BCUT2D eigenvalue weighted by atomic mass is 10.2. The molecule has 15 heavy (non-hydrogen) atoms. The molecule has 1 amide bonds. The Labute approximate surface area is 89.3 Å². The van der Waals surface area contributed by atoms with Crippen LogP contribution in [0.25, 0.3) is 0 Å². The number of amides is 1. The van der Waals surface area contributed by atoms with Crippen LogP contribution in [0.3, 0.4) is 0 Å². The third kappa shape index (κ3) is 4.16. The lowest BCUT2D eigenvalue weighted by Gasteiger charge is -2.09. The Kier molecular flexibility index (Phi) is 4.37. The van der Waals surface area contributed by atoms with Crippen molar-refractivity contribution in [2.45, 2.75) is 32.7 Å². The second-order valence-electron chi connectivity index (χ2n) is 3.66. The first-order chi connectivity index (χ1) is 7.11. The Morgan fingerprint density at radius 3 is 2.87 bits per heavy atom. The van der Waals surface area contributed by atoms with Crippen LogP contribution in [0.15, 0.2) is 16.5 Å². The van der Waals surface area contributed by atoms with Gasteiger partial charge in [0.05, 0.1) is 6.61 Å². The summed E-state index contributed by atoms with van der Waals surface area (Å²) in [6.45, 7) is 3.60. The first-order valence-corrected chi connectivity index (χ1v) is 5.07. The number of hydrogen-bond donors (Lipinski definition) is 2. The number of furan rings is 1. The highest BCUT2D eigenvalue weighted by molar-refractivity contribution is 5.76. The van der Waals surface area contributed by atoms with E-state index in [1.54, 1.807) is 6.92 Å². The van der Waals surface area contributed by atoms with Gasteiger partial charge in [-0.3, -0.25) is 4.79 Å². The Bertz CT molecular complexity index is 319. The first-order valence-electron chi connectivity index (χ1n) is 5.07. The maximum absolute atomic E-state index is 11.3. The average molecular weight is 211 g/mol. The Morgan fingerprint density at radius 2 is 2.33 bits per heavy atom. The molecule has 1 unspecified atom stereocenters. The van der Waals surface area contributed by atoms with E-state index >= 15 is 0 Å². The summed E-state index contributed by atoms with van der Waals surface area (Å²) in [5, 5.41) is 11.4. The largest absolute Gasteiger partial charge is 0.466 e. The standard InChI is InChI=1S/C11H17NO3/c1-8(7-13)12-11(14)6-5-10-4-3-9(2)15-10/h3-4,8,13H,5-7H2,1-2H3,(H,12,14). The number of rotatable bonds is 5. The number of hydrogen-bond acceptors (Lipinski definition) is 3. The monoisotopic (exact) mass is 211 g/mol. The second kappa shape index (κ2) is 5.56. The van der Waals surface area contributed by atoms with E-state index in [1.165, 1.54) is 0 Å². The molecule has 0 aliphatic rings. The van der Waals surface area contributed by atoms with Crippen molar-refractivity contribution >= 4 is 5.91 Å². The summed E-state index contributed by atoms with van der Waals surface area (Å²) in [4.78, 5) is 11.3. The van der Waals surface area contributed by atoms with Crippen molar-refractivity contribution < 1.29 is 14.3 Å². The molecule has 0 aromatic carbocycles. The van der Waals surface area contributed by atoms with Crippen LogP contribution in [-0.4, -0.2) is 23.7 Å². The number of nitrogens with one attached hydrogen (secondary N) is 1. The maximum atomic E-state index is 11.3. The molecule has 1 rings (SSSR count). The van der Waals surface area contributed by atoms with Gasteiger partial charge < -0.3 is 14.8 Å². The molecule has 0 spiro atoms. The van der Waals surface area contributed by atoms with E-state index in [0.29, 0.717) is 12.8 Å². The van der Waals surface area contributed by atoms with E-state index in [4.69, 9.17) is 9.52 Å². The lowest BCUT2D eigenvalue weighted by Crippen LogP contribution is -2.35. The molecule has 1 atom stereocenters. The van der Waals surface area contributed by atoms with Crippen molar-refractivity contribution in [3.05, 3.63) is 23.7 Å². The Morgan fingerprint density at radius 1 is 1.60 bits per heavy atom. The van der Waals surface area contributed by atoms with Gasteiger partial charge in [0, 0.05) is 18.9 Å². The van der Waals surface area contributed by atoms with Gasteiger partial charge in [0.15, 0.2) is 0 Å². The van der Waals surface area contributed by atoms with Crippen LogP contribution < -0.4 is 5.32 Å². The Hall–Kier alpha value is -1.29. The topological polar surface area (TPSA) is 62.5 Å². The van der Waals surface area contributed by atoms with Gasteiger partial charge in [0.1, 0.15) is 11.5 Å². The van der Waals surface area contributed by atoms with Gasteiger partial charge in [-0.1, -0.05) is 0 Å². The predicted octanol–water partition coefficient (Wildman–Crippen LogP) is 1.02. The summed E-state index contributed by atoms with van der Waals surface area (Å²) >= 11 is 0. The third-order valence-corrected chi connectivity index (χ3v) is 2.08. The number of aryl methyl sites for hydroxylation is 2. The molecule has 1 aromatic rings. The molecular formula is C11H17NO3. The molecule has 0 radical (unpaired) electrons. The molecule has 0 saturated heterocycles. The molecular weight excluding hydrogens is 194 g/mol. The molecule has 0 aliphatic carbocycles. The molecule has 0 saturated carbocycles. The molecule has 4 heteroatoms. The predicted molar refractivity (Wildman–Crippen MR) is 56.5 cm³/mol. The van der Waals surface area contributed by atoms with Gasteiger partial charge in [-0.15, -0.1) is 0 Å². The number of carbonyl (C=O) groups is 1. The van der Waals surface area contributed by atoms with Crippen LogP contribution >= 0.6 is 0 Å². The van der Waals surface area contributed by atoms with Crippen molar-refractivity contribution in [3.63, 3.8) is 0 Å². The van der Waals surface area contributed by atoms with Gasteiger partial charge in [-0.05, 0) is 26.0 Å². The zero-order valence-corrected chi connectivity index (χ0v) is 9.12. The Balaban J connectivity index is 2.28. The summed E-state index contributed by atoms with van der Waals surface area (Å²) in [5.74, 6) is 1.61. The zero-order chi connectivity index (χ0) is 11.3. The van der Waals surface area contributed by atoms with Crippen molar-refractivity contribution in [1.29, 1.82) is 0 Å². The van der Waals surface area contributed by atoms with Crippen LogP contribution in [0.5, 0.6) is 0 Å². The zero-order valence-electron chi connectivity index (χ0n) is 9.12. The minimum Gasteiger partial charge on any atom is -0.466 e. The van der Waals surface area contributed by atoms with E-state index in [1.807, 2.05) is 19.1 Å². The van der Waals surface area contributed by atoms with Gasteiger partial charge in [0.2, 0.25) is 5.91 Å². The molecule has 1 aromatic heterocycles. The summed E-state index contributed by atoms with van der Waals surface area (Å²) in [7, 11) is 0. The highest BCUT2D eigenvalue weighted by Gasteiger charge is 2.07. The minimum absolute atomic E-state index is 0.0361. The quantitative estimate of drug-likeness (QED) is 0.764. The highest BCUT2D eigenvalue weighted by atomic mass is 16.3. The molecule has 0 bridgehead atoms. The second-order valence-corrected chi connectivity index (χ2v) is 3.66. The minimum atomic E-state index is -0.184. The first kappa shape index (κ1) is 11.8. The highest BCUT2D eigenvalue weighted by Crippen LogP contribution is 2.08. The number of carbonyl (C=O) groups excluding carboxylic acids is 1. The SMILES string of the molecule is Cc1ccc(CCC(=O)NC(C)CO)o1. The summed E-state index contributed by atoms with van der Waals surface area (Å²) in [6, 6.07) is 3.57. The fourth-order valence-electron chi connectivity index (χ4n) is 1.25. The van der Waals surface area contributed by atoms with Crippen LogP contribution in [0.4, 0.5) is 0 Å². The molecule has 84 valence electrons. The fourth-order valence-corrected chi connectivity index (χ4v) is 1.25. The van der Waals surface area contributed by atoms with Crippen LogP contribution in [0.2, 0.25) is 0 Å². The third-order valence-electron chi connectivity index (χ3n) is 2.08. The van der Waals surface area contributed by atoms with Gasteiger partial charge >= 0.3 is 0 Å². The van der Waals surface area contributed by atoms with Crippen LogP contribution in [0, 0.1) is 6.92 Å². The normalized spacial score (nSPS) is 12.5. The van der Waals surface area contributed by atoms with E-state index in [-0.39, 0.29) is 18.6 Å². The number of aliphatic hydroxyl groups is 1. The van der Waals surface area contributed by atoms with Crippen molar-refractivity contribution in [2.75, 3.05) is 6.61 Å². The average Bonchev–Trinajstić information content (AvgIpc) is 2.61. The van der Waals surface area contributed by atoms with Gasteiger partial charge in [0.25, 0.3) is 0 Å². The van der Waals surface area contributed by atoms with Crippen molar-refractivity contribution in [3.8, 4) is 0 Å². The van der Waals surface area contributed by atoms with Gasteiger partial charge in [-0.2, -0.15) is 0 Å². The smallest absolute Gasteiger partial charge is 0.220 e. The fraction of sp³-hybridized carbons (Fsp3) is 0.545. The molecule has 1 heterocycles. The van der Waals surface area contributed by atoms with Crippen LogP contribution in [0.1, 0.15) is 24.9 Å². The molecule has 4 nitrogen and oxygen atoms in total. The lowest BCUT2D eigenvalue weighted by molar-refractivity contribution is -0.122. The van der Waals surface area contributed by atoms with E-state index in [2.05, 4.69) is 5.32 Å². The van der Waals surface area contributed by atoms with Crippen LogP contribution in [-0.2, 0) is 11.2 Å². The van der Waals surface area contributed by atoms with Crippen molar-refractivity contribution in [2.24, 2.45) is 0 Å². The molecule has 0 fully saturated rings. The summed E-state index contributed by atoms with van der Waals surface area (Å²) < 4.78 is 5.34. The molecule has 0 aliphatic heterocycles.